The first kappa shape index (κ1) is 19.2. The van der Waals surface area contributed by atoms with Crippen LogP contribution in [0.5, 0.6) is 5.75 Å². The van der Waals surface area contributed by atoms with Crippen molar-refractivity contribution in [2.45, 2.75) is 13.3 Å². The molecule has 1 amide bonds. The van der Waals surface area contributed by atoms with Crippen molar-refractivity contribution < 1.29 is 14.3 Å². The Kier molecular flexibility index (Phi) is 7.42. The van der Waals surface area contributed by atoms with Crippen LogP contribution in [0, 0.1) is 5.82 Å². The summed E-state index contributed by atoms with van der Waals surface area (Å²) in [4.78, 5) is 16.2. The van der Waals surface area contributed by atoms with Crippen molar-refractivity contribution in [2.24, 2.45) is 4.99 Å². The fraction of sp³-hybridized carbons (Fsp3) is 0.263. The second-order valence-electron chi connectivity index (χ2n) is 5.56. The van der Waals surface area contributed by atoms with Gasteiger partial charge < -0.3 is 21.1 Å². The van der Waals surface area contributed by atoms with Gasteiger partial charge in [-0.25, -0.2) is 9.38 Å². The number of hydrogen-bond acceptors (Lipinski definition) is 3. The third-order valence-corrected chi connectivity index (χ3v) is 3.52. The van der Waals surface area contributed by atoms with Crippen LogP contribution in [-0.2, 0) is 11.2 Å². The van der Waals surface area contributed by atoms with Crippen LogP contribution in [0.2, 0.25) is 0 Å². The molecule has 4 N–H and O–H groups in total. The van der Waals surface area contributed by atoms with E-state index in [2.05, 4.69) is 20.9 Å². The van der Waals surface area contributed by atoms with Crippen LogP contribution in [0.15, 0.2) is 53.5 Å². The Hall–Kier alpha value is -3.09. The molecular formula is C19H23FN4O2. The van der Waals surface area contributed by atoms with Gasteiger partial charge in [-0.05, 0) is 49.2 Å². The number of benzene rings is 2. The number of carbonyl (C=O) groups excluding carboxylic acids is 1. The number of hydrogen-bond donors (Lipinski definition) is 4. The lowest BCUT2D eigenvalue weighted by Gasteiger charge is -2.11. The molecule has 0 fully saturated rings. The number of anilines is 1. The van der Waals surface area contributed by atoms with Gasteiger partial charge in [-0.1, -0.05) is 18.2 Å². The third-order valence-electron chi connectivity index (χ3n) is 3.52. The Morgan fingerprint density at radius 3 is 2.54 bits per heavy atom. The molecule has 2 aromatic carbocycles. The lowest BCUT2D eigenvalue weighted by molar-refractivity contribution is -0.114. The quantitative estimate of drug-likeness (QED) is 0.347. The Bertz CT molecular complexity index is 747. The van der Waals surface area contributed by atoms with E-state index in [9.17, 15) is 14.3 Å². The monoisotopic (exact) mass is 358 g/mol. The maximum Gasteiger partial charge on any atom is 0.246 e. The summed E-state index contributed by atoms with van der Waals surface area (Å²) >= 11 is 0. The zero-order valence-electron chi connectivity index (χ0n) is 14.6. The van der Waals surface area contributed by atoms with E-state index in [4.69, 9.17) is 0 Å². The number of rotatable bonds is 7. The van der Waals surface area contributed by atoms with E-state index in [1.165, 1.54) is 18.2 Å². The average molecular weight is 358 g/mol. The van der Waals surface area contributed by atoms with Gasteiger partial charge in [0.15, 0.2) is 5.96 Å². The van der Waals surface area contributed by atoms with Crippen molar-refractivity contribution in [3.63, 3.8) is 0 Å². The van der Waals surface area contributed by atoms with Crippen molar-refractivity contribution in [3.8, 4) is 5.75 Å². The lowest BCUT2D eigenvalue weighted by Crippen LogP contribution is -2.39. The van der Waals surface area contributed by atoms with Gasteiger partial charge in [-0.2, -0.15) is 0 Å². The Morgan fingerprint density at radius 1 is 1.12 bits per heavy atom. The normalized spacial score (nSPS) is 11.1. The van der Waals surface area contributed by atoms with E-state index in [0.717, 1.165) is 0 Å². The Morgan fingerprint density at radius 2 is 1.85 bits per heavy atom. The summed E-state index contributed by atoms with van der Waals surface area (Å²) in [7, 11) is 0. The maximum absolute atomic E-state index is 13.6. The molecule has 0 radical (unpaired) electrons. The van der Waals surface area contributed by atoms with Crippen LogP contribution in [0.4, 0.5) is 10.1 Å². The van der Waals surface area contributed by atoms with E-state index in [1.807, 2.05) is 6.92 Å². The first-order chi connectivity index (χ1) is 12.6. The minimum atomic E-state index is -0.276. The van der Waals surface area contributed by atoms with Gasteiger partial charge in [-0.3, -0.25) is 4.79 Å². The molecule has 0 aromatic heterocycles. The molecule has 2 aromatic rings. The van der Waals surface area contributed by atoms with Crippen molar-refractivity contribution in [1.82, 2.24) is 10.6 Å². The number of nitrogens with zero attached hydrogens (tertiary/aromatic N) is 1. The van der Waals surface area contributed by atoms with Crippen LogP contribution >= 0.6 is 0 Å². The Labute approximate surface area is 152 Å². The molecular weight excluding hydrogens is 335 g/mol. The third kappa shape index (κ3) is 6.43. The zero-order chi connectivity index (χ0) is 18.8. The second kappa shape index (κ2) is 10.0. The molecule has 0 spiro atoms. The number of aliphatic imine (C=N–C) groups is 1. The molecule has 0 aliphatic heterocycles. The van der Waals surface area contributed by atoms with Gasteiger partial charge in [0.25, 0.3) is 0 Å². The summed E-state index contributed by atoms with van der Waals surface area (Å²) in [5.74, 6) is 0.116. The second-order valence-corrected chi connectivity index (χ2v) is 5.56. The van der Waals surface area contributed by atoms with Crippen molar-refractivity contribution in [1.29, 1.82) is 0 Å². The largest absolute Gasteiger partial charge is 0.508 e. The molecule has 7 heteroatoms. The number of amides is 1. The van der Waals surface area contributed by atoms with Crippen LogP contribution in [0.3, 0.4) is 0 Å². The minimum absolute atomic E-state index is 0.0596. The summed E-state index contributed by atoms with van der Waals surface area (Å²) < 4.78 is 13.6. The molecule has 6 nitrogen and oxygen atoms in total. The van der Waals surface area contributed by atoms with Crippen molar-refractivity contribution in [3.05, 3.63) is 59.9 Å². The molecule has 0 saturated heterocycles. The number of nitrogens with one attached hydrogen (secondary N) is 3. The number of aromatic hydroxyl groups is 1. The number of phenolic OH excluding ortho intramolecular Hbond substituents is 1. The van der Waals surface area contributed by atoms with Gasteiger partial charge in [0.05, 0.1) is 0 Å². The highest BCUT2D eigenvalue weighted by Crippen LogP contribution is 2.13. The van der Waals surface area contributed by atoms with E-state index in [1.54, 1.807) is 30.3 Å². The molecule has 2 rings (SSSR count). The van der Waals surface area contributed by atoms with Crippen LogP contribution < -0.4 is 16.0 Å². The lowest BCUT2D eigenvalue weighted by atomic mass is 10.1. The summed E-state index contributed by atoms with van der Waals surface area (Å²) in [6.45, 7) is 3.00. The fourth-order valence-corrected chi connectivity index (χ4v) is 2.25. The number of halogens is 1. The summed E-state index contributed by atoms with van der Waals surface area (Å²) in [6, 6.07) is 12.8. The SMILES string of the molecule is CCNC(=NCC(=O)Nc1ccc(O)cc1)NCCc1ccccc1F. The highest BCUT2D eigenvalue weighted by molar-refractivity contribution is 5.94. The zero-order valence-corrected chi connectivity index (χ0v) is 14.6. The summed E-state index contributed by atoms with van der Waals surface area (Å²) in [5, 5.41) is 18.1. The predicted octanol–water partition coefficient (Wildman–Crippen LogP) is 2.27. The molecule has 138 valence electrons. The average Bonchev–Trinajstić information content (AvgIpc) is 2.63. The smallest absolute Gasteiger partial charge is 0.246 e. The van der Waals surface area contributed by atoms with E-state index in [0.29, 0.717) is 36.7 Å². The molecule has 26 heavy (non-hydrogen) atoms. The van der Waals surface area contributed by atoms with Crippen LogP contribution in [0.25, 0.3) is 0 Å². The topological polar surface area (TPSA) is 85.8 Å². The van der Waals surface area contributed by atoms with E-state index >= 15 is 0 Å². The number of carbonyl (C=O) groups is 1. The molecule has 0 bridgehead atoms. The Balaban J connectivity index is 1.84. The maximum atomic E-state index is 13.6. The van der Waals surface area contributed by atoms with Crippen molar-refractivity contribution in [2.75, 3.05) is 25.0 Å². The van der Waals surface area contributed by atoms with Gasteiger partial charge >= 0.3 is 0 Å². The van der Waals surface area contributed by atoms with Gasteiger partial charge in [0.2, 0.25) is 5.91 Å². The number of guanidine groups is 1. The molecule has 0 unspecified atom stereocenters. The predicted molar refractivity (Wildman–Crippen MR) is 101 cm³/mol. The van der Waals surface area contributed by atoms with Crippen molar-refractivity contribution >= 4 is 17.6 Å². The minimum Gasteiger partial charge on any atom is -0.508 e. The van der Waals surface area contributed by atoms with E-state index < -0.39 is 0 Å². The first-order valence-electron chi connectivity index (χ1n) is 8.43. The van der Waals surface area contributed by atoms with Crippen LogP contribution in [0.1, 0.15) is 12.5 Å². The van der Waals surface area contributed by atoms with Gasteiger partial charge in [0.1, 0.15) is 18.1 Å². The summed E-state index contributed by atoms with van der Waals surface area (Å²) in [5.41, 5.74) is 1.21. The highest BCUT2D eigenvalue weighted by atomic mass is 19.1. The number of phenols is 1. The van der Waals surface area contributed by atoms with Gasteiger partial charge in [-0.15, -0.1) is 0 Å². The molecule has 0 atom stereocenters. The molecule has 0 aliphatic carbocycles. The fourth-order valence-electron chi connectivity index (χ4n) is 2.25. The molecule has 0 aliphatic rings. The molecule has 0 saturated carbocycles. The first-order valence-corrected chi connectivity index (χ1v) is 8.43. The standard InChI is InChI=1S/C19H23FN4O2/c1-2-21-19(22-12-11-14-5-3-4-6-17(14)20)23-13-18(26)24-15-7-9-16(25)10-8-15/h3-10,25H,2,11-13H2,1H3,(H,24,26)(H2,21,22,23). The van der Waals surface area contributed by atoms with Gasteiger partial charge in [0, 0.05) is 18.8 Å². The highest BCUT2D eigenvalue weighted by Gasteiger charge is 2.04. The molecule has 0 heterocycles. The summed E-state index contributed by atoms with van der Waals surface area (Å²) in [6.07, 6.45) is 0.511. The van der Waals surface area contributed by atoms with Crippen LogP contribution in [-0.4, -0.2) is 36.6 Å². The van der Waals surface area contributed by atoms with E-state index in [-0.39, 0.29) is 24.0 Å².